The van der Waals surface area contributed by atoms with Crippen LogP contribution in [-0.4, -0.2) is 130 Å². The number of thiazole rings is 1. The van der Waals surface area contributed by atoms with Gasteiger partial charge in [0.15, 0.2) is 0 Å². The lowest BCUT2D eigenvalue weighted by molar-refractivity contribution is -0.143. The Balaban J connectivity index is 0.763. The number of carbonyl (C=O) groups excluding carboxylic acids is 4. The van der Waals surface area contributed by atoms with Gasteiger partial charge in [0.25, 0.3) is 5.91 Å². The molecule has 4 amide bonds. The Bertz CT molecular complexity index is 2700. The van der Waals surface area contributed by atoms with Gasteiger partial charge in [-0.3, -0.25) is 19.2 Å². The second kappa shape index (κ2) is 25.2. The van der Waals surface area contributed by atoms with Crippen LogP contribution in [0.1, 0.15) is 86.0 Å². The standard InChI is InChI=1S/C54H66BrN9O8S/c1-34(2)47(64-31-39-11-5-6-14-43(39)52(64)68)53(69)63-32-41(65)28-45(63)50(66)57-29-38-16-15-37(48-35(3)59-33-73-48)27-46(38)72-26-10-24-70-23-9-25-71-42-19-17-40(18-20-42)60-54-58-30-44(55)49(61-54)56-21-8-22-62(4)51(67)36-12-7-13-36/h5-6,11,14-20,27,30,33-34,36,41,45,47,65H,7-10,12-13,21-26,28-29,31-32H2,1-4H3,(H,57,66)(H2,56,58,60,61)/t41-,45+,47+/m1/s1. The van der Waals surface area contributed by atoms with E-state index >= 15 is 0 Å². The number of rotatable bonds is 25. The lowest BCUT2D eigenvalue weighted by Crippen LogP contribution is -2.55. The van der Waals surface area contributed by atoms with E-state index in [1.165, 1.54) is 4.90 Å². The van der Waals surface area contributed by atoms with Crippen LogP contribution in [0.4, 0.5) is 17.5 Å². The molecule has 2 fully saturated rings. The molecule has 2 aromatic heterocycles. The Morgan fingerprint density at radius 3 is 2.45 bits per heavy atom. The van der Waals surface area contributed by atoms with Gasteiger partial charge in [0.05, 0.1) is 39.9 Å². The maximum absolute atomic E-state index is 14.3. The number of hydrogen-bond acceptors (Lipinski definition) is 14. The average molecular weight is 1080 g/mol. The van der Waals surface area contributed by atoms with Gasteiger partial charge in [-0.25, -0.2) is 9.97 Å². The van der Waals surface area contributed by atoms with E-state index in [2.05, 4.69) is 46.8 Å². The maximum Gasteiger partial charge on any atom is 0.255 e. The smallest absolute Gasteiger partial charge is 0.255 e. The van der Waals surface area contributed by atoms with Crippen LogP contribution in [0, 0.1) is 18.8 Å². The van der Waals surface area contributed by atoms with Crippen LogP contribution in [0.5, 0.6) is 11.5 Å². The number of halogens is 1. The summed E-state index contributed by atoms with van der Waals surface area (Å²) in [5.41, 5.74) is 6.68. The number of nitrogens with zero attached hydrogens (tertiary/aromatic N) is 6. The fraction of sp³-hybridized carbons (Fsp3) is 0.463. The van der Waals surface area contributed by atoms with Crippen LogP contribution < -0.4 is 25.4 Å². The molecular formula is C54H66BrN9O8S. The molecule has 0 spiro atoms. The number of anilines is 3. The highest BCUT2D eigenvalue weighted by atomic mass is 79.9. The first-order valence-corrected chi connectivity index (χ1v) is 26.9. The zero-order valence-electron chi connectivity index (χ0n) is 42.0. The van der Waals surface area contributed by atoms with Crippen LogP contribution in [-0.2, 0) is 32.2 Å². The van der Waals surface area contributed by atoms with Crippen LogP contribution in [0.15, 0.2) is 82.9 Å². The first-order chi connectivity index (χ1) is 35.3. The van der Waals surface area contributed by atoms with Crippen molar-refractivity contribution in [1.82, 2.24) is 35.0 Å². The van der Waals surface area contributed by atoms with Crippen molar-refractivity contribution in [2.24, 2.45) is 11.8 Å². The SMILES string of the molecule is Cc1ncsc1-c1ccc(CNC(=O)[C@@H]2C[C@@H](O)CN2C(=O)[C@H](C(C)C)N2Cc3ccccc3C2=O)c(OCCCOCCCOc2ccc(Nc3ncc(Br)c(NCCCN(C)C(=O)C4CCC4)n3)cc2)c1. The molecule has 8 rings (SSSR count). The van der Waals surface area contributed by atoms with Crippen molar-refractivity contribution < 1.29 is 38.5 Å². The first-order valence-electron chi connectivity index (χ1n) is 25.2. The minimum absolute atomic E-state index is 0.00452. The van der Waals surface area contributed by atoms with Crippen molar-refractivity contribution in [2.75, 3.05) is 63.7 Å². The monoisotopic (exact) mass is 1080 g/mol. The molecule has 2 aliphatic heterocycles. The highest BCUT2D eigenvalue weighted by Crippen LogP contribution is 2.34. The molecule has 3 atom stereocenters. The molecular weight excluding hydrogens is 1010 g/mol. The third-order valence-corrected chi connectivity index (χ3v) is 15.1. The molecule has 3 aliphatic rings. The number of carbonyl (C=O) groups is 4. The highest BCUT2D eigenvalue weighted by molar-refractivity contribution is 9.10. The van der Waals surface area contributed by atoms with E-state index in [0.29, 0.717) is 82.0 Å². The minimum Gasteiger partial charge on any atom is -0.494 e. The maximum atomic E-state index is 14.3. The molecule has 0 radical (unpaired) electrons. The fourth-order valence-electron chi connectivity index (χ4n) is 9.32. The summed E-state index contributed by atoms with van der Waals surface area (Å²) in [6.07, 6.45) is 6.21. The summed E-state index contributed by atoms with van der Waals surface area (Å²) in [6.45, 7) is 9.41. The van der Waals surface area contributed by atoms with Gasteiger partial charge in [-0.2, -0.15) is 4.98 Å². The van der Waals surface area contributed by atoms with Crippen LogP contribution in [0.25, 0.3) is 10.4 Å². The summed E-state index contributed by atoms with van der Waals surface area (Å²) < 4.78 is 19.0. The third kappa shape index (κ3) is 13.5. The Hall–Kier alpha value is -6.15. The van der Waals surface area contributed by atoms with Gasteiger partial charge in [0.2, 0.25) is 23.7 Å². The molecule has 19 heteroatoms. The quantitative estimate of drug-likeness (QED) is 0.0411. The number of fused-ring (bicyclic) bond motifs is 1. The van der Waals surface area contributed by atoms with E-state index in [0.717, 1.165) is 68.9 Å². The Kier molecular flexibility index (Phi) is 18.3. The molecule has 1 aliphatic carbocycles. The first kappa shape index (κ1) is 53.2. The number of benzene rings is 3. The number of nitrogens with one attached hydrogen (secondary N) is 3. The fourth-order valence-corrected chi connectivity index (χ4v) is 10.5. The number of β-amino-alcohol motifs (C(OH)–C–C–N with tert-alkyl or cyclic N) is 1. The van der Waals surface area contributed by atoms with Crippen molar-refractivity contribution >= 4 is 68.3 Å². The average Bonchev–Trinajstić information content (AvgIpc) is 4.08. The van der Waals surface area contributed by atoms with Gasteiger partial charge in [-0.1, -0.05) is 50.6 Å². The molecule has 4 heterocycles. The van der Waals surface area contributed by atoms with Gasteiger partial charge in [-0.15, -0.1) is 11.3 Å². The largest absolute Gasteiger partial charge is 0.494 e. The summed E-state index contributed by atoms with van der Waals surface area (Å²) in [5.74, 6) is 1.75. The zero-order valence-corrected chi connectivity index (χ0v) is 44.4. The van der Waals surface area contributed by atoms with Crippen molar-refractivity contribution in [3.05, 3.63) is 105 Å². The highest BCUT2D eigenvalue weighted by Gasteiger charge is 2.46. The molecule has 0 unspecified atom stereocenters. The van der Waals surface area contributed by atoms with E-state index in [4.69, 9.17) is 14.2 Å². The molecule has 17 nitrogen and oxygen atoms in total. The molecule has 3 aromatic carbocycles. The van der Waals surface area contributed by atoms with E-state index in [-0.39, 0.29) is 55.0 Å². The number of amides is 4. The van der Waals surface area contributed by atoms with Gasteiger partial charge < -0.3 is 50.0 Å². The topological polar surface area (TPSA) is 201 Å². The van der Waals surface area contributed by atoms with Crippen LogP contribution in [0.3, 0.4) is 0 Å². The van der Waals surface area contributed by atoms with Crippen molar-refractivity contribution in [1.29, 1.82) is 0 Å². The number of aromatic nitrogens is 3. The second-order valence-corrected chi connectivity index (χ2v) is 20.9. The summed E-state index contributed by atoms with van der Waals surface area (Å²) in [4.78, 5) is 73.4. The van der Waals surface area contributed by atoms with Crippen LogP contribution in [0.2, 0.25) is 0 Å². The van der Waals surface area contributed by atoms with Gasteiger partial charge >= 0.3 is 0 Å². The zero-order chi connectivity index (χ0) is 51.4. The normalized spacial score (nSPS) is 16.8. The minimum atomic E-state index is -0.903. The van der Waals surface area contributed by atoms with E-state index < -0.39 is 18.2 Å². The van der Waals surface area contributed by atoms with Gasteiger partial charge in [-0.05, 0) is 95.6 Å². The molecule has 4 N–H and O–H groups in total. The number of aliphatic hydroxyl groups is 1. The molecule has 388 valence electrons. The predicted molar refractivity (Wildman–Crippen MR) is 284 cm³/mol. The molecule has 0 bridgehead atoms. The predicted octanol–water partition coefficient (Wildman–Crippen LogP) is 7.99. The molecule has 5 aromatic rings. The lowest BCUT2D eigenvalue weighted by Gasteiger charge is -2.35. The van der Waals surface area contributed by atoms with E-state index in [9.17, 15) is 24.3 Å². The summed E-state index contributed by atoms with van der Waals surface area (Å²) in [5, 5.41) is 20.4. The number of hydrogen-bond donors (Lipinski definition) is 4. The Morgan fingerprint density at radius 1 is 0.973 bits per heavy atom. The Morgan fingerprint density at radius 2 is 1.74 bits per heavy atom. The summed E-state index contributed by atoms with van der Waals surface area (Å²) in [7, 11) is 1.88. The molecule has 73 heavy (non-hydrogen) atoms. The van der Waals surface area contributed by atoms with Crippen molar-refractivity contribution in [2.45, 2.75) is 97.0 Å². The molecule has 1 saturated heterocycles. The van der Waals surface area contributed by atoms with Gasteiger partial charge in [0.1, 0.15) is 29.4 Å². The molecule has 1 saturated carbocycles. The Labute approximate surface area is 439 Å². The number of likely N-dealkylation sites (tertiary alicyclic amines) is 1. The number of aliphatic hydroxyl groups excluding tert-OH is 1. The van der Waals surface area contributed by atoms with Crippen molar-refractivity contribution in [3.63, 3.8) is 0 Å². The number of ether oxygens (including phenoxy) is 3. The number of aryl methyl sites for hydroxylation is 1. The lowest BCUT2D eigenvalue weighted by atomic mass is 9.84. The van der Waals surface area contributed by atoms with Crippen LogP contribution >= 0.6 is 27.3 Å². The van der Waals surface area contributed by atoms with E-state index in [1.54, 1.807) is 28.5 Å². The third-order valence-electron chi connectivity index (χ3n) is 13.5. The van der Waals surface area contributed by atoms with E-state index in [1.807, 2.05) is 98.9 Å². The van der Waals surface area contributed by atoms with Crippen molar-refractivity contribution in [3.8, 4) is 21.9 Å². The summed E-state index contributed by atoms with van der Waals surface area (Å²) in [6, 6.07) is 19.1. The summed E-state index contributed by atoms with van der Waals surface area (Å²) >= 11 is 5.07. The van der Waals surface area contributed by atoms with Gasteiger partial charge in [0, 0.05) is 101 Å². The second-order valence-electron chi connectivity index (χ2n) is 19.2.